The molecular formula is C18H27N5O3S. The summed E-state index contributed by atoms with van der Waals surface area (Å²) in [7, 11) is 0. The van der Waals surface area contributed by atoms with Crippen molar-refractivity contribution < 1.29 is 14.6 Å². The number of rotatable bonds is 11. The Bertz CT molecular complexity index is 652. The van der Waals surface area contributed by atoms with E-state index in [1.54, 1.807) is 11.8 Å². The molecule has 8 nitrogen and oxygen atoms in total. The van der Waals surface area contributed by atoms with Gasteiger partial charge in [0.25, 0.3) is 0 Å². The standard InChI is InChI=1S/C18H27N5O3S/c24-16(12-23-5-7-25-8-6-23)13-26-17-3-1-2-15(10-17)11-19-4-9-27-18-20-14-21-22-18/h1-3,10,14,16,19,24H,4-9,11-13H2,(H,20,21,22). The van der Waals surface area contributed by atoms with Gasteiger partial charge in [0.15, 0.2) is 5.16 Å². The van der Waals surface area contributed by atoms with Crippen LogP contribution in [0.1, 0.15) is 5.56 Å². The summed E-state index contributed by atoms with van der Waals surface area (Å²) in [6.45, 7) is 5.76. The maximum atomic E-state index is 10.2. The van der Waals surface area contributed by atoms with Crippen molar-refractivity contribution in [2.24, 2.45) is 0 Å². The van der Waals surface area contributed by atoms with E-state index in [4.69, 9.17) is 9.47 Å². The van der Waals surface area contributed by atoms with E-state index < -0.39 is 6.10 Å². The minimum absolute atomic E-state index is 0.294. The van der Waals surface area contributed by atoms with Gasteiger partial charge in [0, 0.05) is 38.5 Å². The number of benzene rings is 1. The number of H-pyrrole nitrogens is 1. The van der Waals surface area contributed by atoms with E-state index >= 15 is 0 Å². The summed E-state index contributed by atoms with van der Waals surface area (Å²) in [5.74, 6) is 1.70. The fourth-order valence-electron chi connectivity index (χ4n) is 2.79. The van der Waals surface area contributed by atoms with Gasteiger partial charge in [-0.1, -0.05) is 23.9 Å². The average Bonchev–Trinajstić information content (AvgIpc) is 3.21. The first-order chi connectivity index (χ1) is 13.3. The molecule has 3 N–H and O–H groups in total. The number of hydrogen-bond acceptors (Lipinski definition) is 8. The maximum absolute atomic E-state index is 10.2. The number of morpholine rings is 1. The number of nitrogens with zero attached hydrogens (tertiary/aromatic N) is 3. The fraction of sp³-hybridized carbons (Fsp3) is 0.556. The molecule has 1 aromatic heterocycles. The number of ether oxygens (including phenoxy) is 2. The van der Waals surface area contributed by atoms with Crippen LogP contribution in [0.3, 0.4) is 0 Å². The number of aromatic nitrogens is 3. The number of aliphatic hydroxyl groups excluding tert-OH is 1. The van der Waals surface area contributed by atoms with E-state index in [9.17, 15) is 5.11 Å². The highest BCUT2D eigenvalue weighted by atomic mass is 32.2. The molecule has 0 aliphatic carbocycles. The molecule has 0 spiro atoms. The molecule has 0 bridgehead atoms. The third kappa shape index (κ3) is 7.47. The summed E-state index contributed by atoms with van der Waals surface area (Å²) in [6.07, 6.45) is 1.01. The van der Waals surface area contributed by atoms with E-state index in [1.807, 2.05) is 18.2 Å². The zero-order valence-electron chi connectivity index (χ0n) is 15.3. The molecule has 2 heterocycles. The minimum Gasteiger partial charge on any atom is -0.491 e. The molecular weight excluding hydrogens is 366 g/mol. The van der Waals surface area contributed by atoms with Gasteiger partial charge in [-0.05, 0) is 17.7 Å². The number of thioether (sulfide) groups is 1. The third-order valence-corrected chi connectivity index (χ3v) is 5.03. The summed E-state index contributed by atoms with van der Waals surface area (Å²) in [4.78, 5) is 6.28. The molecule has 1 unspecified atom stereocenters. The van der Waals surface area contributed by atoms with Crippen molar-refractivity contribution in [2.75, 3.05) is 51.8 Å². The Hall–Kier alpha value is -1.65. The lowest BCUT2D eigenvalue weighted by Crippen LogP contribution is -2.42. The second-order valence-electron chi connectivity index (χ2n) is 6.34. The van der Waals surface area contributed by atoms with Crippen molar-refractivity contribution in [3.05, 3.63) is 36.2 Å². The monoisotopic (exact) mass is 393 g/mol. The minimum atomic E-state index is -0.502. The highest BCUT2D eigenvalue weighted by Gasteiger charge is 2.15. The molecule has 9 heteroatoms. The van der Waals surface area contributed by atoms with Crippen LogP contribution in [0.5, 0.6) is 5.75 Å². The van der Waals surface area contributed by atoms with Gasteiger partial charge in [-0.25, -0.2) is 4.98 Å². The van der Waals surface area contributed by atoms with Gasteiger partial charge in [0.05, 0.1) is 13.2 Å². The van der Waals surface area contributed by atoms with Crippen molar-refractivity contribution in [3.63, 3.8) is 0 Å². The van der Waals surface area contributed by atoms with Gasteiger partial charge in [-0.3, -0.25) is 10.00 Å². The number of aliphatic hydroxyl groups is 1. The topological polar surface area (TPSA) is 95.5 Å². The van der Waals surface area contributed by atoms with Crippen LogP contribution in [0.15, 0.2) is 35.7 Å². The molecule has 148 valence electrons. The predicted molar refractivity (Wildman–Crippen MR) is 104 cm³/mol. The molecule has 1 aliphatic rings. The summed E-state index contributed by atoms with van der Waals surface area (Å²) in [6, 6.07) is 7.97. The van der Waals surface area contributed by atoms with Gasteiger partial charge in [-0.15, -0.1) is 0 Å². The van der Waals surface area contributed by atoms with E-state index in [2.05, 4.69) is 31.5 Å². The highest BCUT2D eigenvalue weighted by Crippen LogP contribution is 2.14. The van der Waals surface area contributed by atoms with Crippen LogP contribution in [-0.2, 0) is 11.3 Å². The third-order valence-electron chi connectivity index (χ3n) is 4.15. The van der Waals surface area contributed by atoms with Gasteiger partial charge in [0.2, 0.25) is 0 Å². The summed E-state index contributed by atoms with van der Waals surface area (Å²) in [5.41, 5.74) is 1.15. The number of aromatic amines is 1. The average molecular weight is 394 g/mol. The fourth-order valence-corrected chi connectivity index (χ4v) is 3.47. The first kappa shape index (κ1) is 20.1. The number of hydrogen-bond donors (Lipinski definition) is 3. The summed E-state index contributed by atoms with van der Waals surface area (Å²) >= 11 is 1.63. The molecule has 1 fully saturated rings. The molecule has 0 radical (unpaired) electrons. The molecule has 1 atom stereocenters. The van der Waals surface area contributed by atoms with Crippen LogP contribution >= 0.6 is 11.8 Å². The van der Waals surface area contributed by atoms with Crippen LogP contribution in [0, 0.1) is 0 Å². The molecule has 0 amide bonds. The van der Waals surface area contributed by atoms with Crippen LogP contribution in [0.4, 0.5) is 0 Å². The van der Waals surface area contributed by atoms with Crippen LogP contribution < -0.4 is 10.1 Å². The Labute approximate surface area is 163 Å². The Morgan fingerprint density at radius 3 is 3.07 bits per heavy atom. The van der Waals surface area contributed by atoms with E-state index in [0.717, 1.165) is 61.6 Å². The number of nitrogens with one attached hydrogen (secondary N) is 2. The van der Waals surface area contributed by atoms with Crippen molar-refractivity contribution >= 4 is 11.8 Å². The molecule has 2 aromatic rings. The second kappa shape index (κ2) is 11.3. The lowest BCUT2D eigenvalue weighted by Gasteiger charge is -2.28. The number of β-amino-alcohol motifs (C(OH)–C–C–N with tert-alkyl or cyclic N) is 1. The molecule has 27 heavy (non-hydrogen) atoms. The van der Waals surface area contributed by atoms with Crippen molar-refractivity contribution in [2.45, 2.75) is 17.8 Å². The molecule has 1 saturated heterocycles. The smallest absolute Gasteiger partial charge is 0.183 e. The summed E-state index contributed by atoms with van der Waals surface area (Å²) < 4.78 is 11.1. The van der Waals surface area contributed by atoms with Gasteiger partial charge in [0.1, 0.15) is 24.8 Å². The Balaban J connectivity index is 1.32. The maximum Gasteiger partial charge on any atom is 0.183 e. The molecule has 1 aliphatic heterocycles. The Morgan fingerprint density at radius 2 is 2.26 bits per heavy atom. The molecule has 0 saturated carbocycles. The van der Waals surface area contributed by atoms with E-state index in [-0.39, 0.29) is 0 Å². The van der Waals surface area contributed by atoms with Crippen LogP contribution in [0.25, 0.3) is 0 Å². The SMILES string of the molecule is OC(COc1cccc(CNCCSc2ncn[nH]2)c1)CN1CCOCC1. The van der Waals surface area contributed by atoms with E-state index in [0.29, 0.717) is 13.2 Å². The largest absolute Gasteiger partial charge is 0.491 e. The first-order valence-electron chi connectivity index (χ1n) is 9.18. The first-order valence-corrected chi connectivity index (χ1v) is 10.2. The van der Waals surface area contributed by atoms with Gasteiger partial charge >= 0.3 is 0 Å². The normalized spacial score (nSPS) is 16.3. The zero-order valence-corrected chi connectivity index (χ0v) is 16.2. The zero-order chi connectivity index (χ0) is 18.7. The second-order valence-corrected chi connectivity index (χ2v) is 7.42. The van der Waals surface area contributed by atoms with Crippen LogP contribution in [0.2, 0.25) is 0 Å². The lowest BCUT2D eigenvalue weighted by atomic mass is 10.2. The summed E-state index contributed by atoms with van der Waals surface area (Å²) in [5, 5.41) is 21.1. The van der Waals surface area contributed by atoms with Crippen LogP contribution in [-0.4, -0.2) is 83.0 Å². The quantitative estimate of drug-likeness (QED) is 0.380. The Kier molecular flexibility index (Phi) is 8.37. The highest BCUT2D eigenvalue weighted by molar-refractivity contribution is 7.99. The van der Waals surface area contributed by atoms with Crippen molar-refractivity contribution in [1.82, 2.24) is 25.4 Å². The van der Waals surface area contributed by atoms with Gasteiger partial charge in [-0.2, -0.15) is 5.10 Å². The van der Waals surface area contributed by atoms with Crippen molar-refractivity contribution in [3.8, 4) is 5.75 Å². The molecule has 1 aromatic carbocycles. The van der Waals surface area contributed by atoms with Gasteiger partial charge < -0.3 is 19.9 Å². The van der Waals surface area contributed by atoms with Crippen molar-refractivity contribution in [1.29, 1.82) is 0 Å². The van der Waals surface area contributed by atoms with E-state index in [1.165, 1.54) is 6.33 Å². The Morgan fingerprint density at radius 1 is 1.37 bits per heavy atom. The lowest BCUT2D eigenvalue weighted by molar-refractivity contribution is 0.00465. The predicted octanol–water partition coefficient (Wildman–Crippen LogP) is 0.759. The molecule has 3 rings (SSSR count).